The number of aryl methyl sites for hydroxylation is 1. The van der Waals surface area contributed by atoms with Crippen molar-refractivity contribution in [2.24, 2.45) is 7.05 Å². The van der Waals surface area contributed by atoms with Crippen LogP contribution < -0.4 is 5.32 Å². The number of nitrogens with one attached hydrogen (secondary N) is 1. The molecule has 7 nitrogen and oxygen atoms in total. The van der Waals surface area contributed by atoms with Crippen LogP contribution in [0.2, 0.25) is 0 Å². The number of aromatic nitrogens is 2. The van der Waals surface area contributed by atoms with E-state index in [0.717, 1.165) is 23.0 Å². The molecular formula is C21H20F2N4O3. The van der Waals surface area contributed by atoms with E-state index < -0.39 is 23.1 Å². The SMILES string of the molecule is Cn1ncc2ccc(-c3cc(F)c(C(=O)N4CCNC(=O)CCOC4)c(F)c3)cc21. The standard InChI is InChI=1S/C21H20F2N4O3/c1-26-18-10-13(2-3-14(18)11-25-26)15-8-16(22)20(17(23)9-15)21(29)27-6-5-24-19(28)4-7-30-12-27/h2-3,8-11H,4-7,12H2,1H3,(H,24,28). The van der Waals surface area contributed by atoms with Gasteiger partial charge in [-0.25, -0.2) is 8.78 Å². The average molecular weight is 414 g/mol. The first-order chi connectivity index (χ1) is 14.4. The summed E-state index contributed by atoms with van der Waals surface area (Å²) in [6.45, 7) is 0.240. The molecule has 1 aromatic heterocycles. The zero-order chi connectivity index (χ0) is 21.3. The Morgan fingerprint density at radius 1 is 1.17 bits per heavy atom. The third kappa shape index (κ3) is 3.88. The Bertz CT molecular complexity index is 1110. The lowest BCUT2D eigenvalue weighted by Crippen LogP contribution is -2.39. The molecule has 4 rings (SSSR count). The summed E-state index contributed by atoms with van der Waals surface area (Å²) in [6.07, 6.45) is 1.87. The monoisotopic (exact) mass is 414 g/mol. The molecule has 9 heteroatoms. The van der Waals surface area contributed by atoms with Gasteiger partial charge in [-0.05, 0) is 29.3 Å². The Morgan fingerprint density at radius 2 is 1.93 bits per heavy atom. The zero-order valence-corrected chi connectivity index (χ0v) is 16.3. The van der Waals surface area contributed by atoms with Crippen LogP contribution >= 0.6 is 0 Å². The van der Waals surface area contributed by atoms with E-state index in [9.17, 15) is 18.4 Å². The summed E-state index contributed by atoms with van der Waals surface area (Å²) in [5.74, 6) is -2.93. The average Bonchev–Trinajstić information content (AvgIpc) is 3.13. The van der Waals surface area contributed by atoms with Gasteiger partial charge in [0.1, 0.15) is 23.9 Å². The zero-order valence-electron chi connectivity index (χ0n) is 16.3. The lowest BCUT2D eigenvalue weighted by Gasteiger charge is -2.22. The molecule has 0 saturated carbocycles. The summed E-state index contributed by atoms with van der Waals surface area (Å²) >= 11 is 0. The lowest BCUT2D eigenvalue weighted by atomic mass is 10.0. The van der Waals surface area contributed by atoms with Crippen LogP contribution in [0.25, 0.3) is 22.0 Å². The maximum atomic E-state index is 14.8. The molecule has 2 amide bonds. The van der Waals surface area contributed by atoms with E-state index in [0.29, 0.717) is 11.1 Å². The summed E-state index contributed by atoms with van der Waals surface area (Å²) in [5, 5.41) is 7.70. The molecule has 3 aromatic rings. The van der Waals surface area contributed by atoms with Gasteiger partial charge in [0.2, 0.25) is 5.91 Å². The number of benzene rings is 2. The van der Waals surface area contributed by atoms with Crippen LogP contribution in [0.3, 0.4) is 0 Å². The fraction of sp³-hybridized carbons (Fsp3) is 0.286. The highest BCUT2D eigenvalue weighted by atomic mass is 19.1. The molecule has 1 fully saturated rings. The number of hydrogen-bond donors (Lipinski definition) is 1. The van der Waals surface area contributed by atoms with Gasteiger partial charge >= 0.3 is 0 Å². The molecule has 2 heterocycles. The second-order valence-corrected chi connectivity index (χ2v) is 7.06. The minimum atomic E-state index is -0.955. The Balaban J connectivity index is 1.63. The van der Waals surface area contributed by atoms with Gasteiger partial charge in [-0.15, -0.1) is 0 Å². The van der Waals surface area contributed by atoms with Crippen LogP contribution in [0.4, 0.5) is 8.78 Å². The number of ether oxygens (including phenoxy) is 1. The quantitative estimate of drug-likeness (QED) is 0.699. The number of fused-ring (bicyclic) bond motifs is 1. The largest absolute Gasteiger partial charge is 0.360 e. The van der Waals surface area contributed by atoms with Crippen molar-refractivity contribution in [3.8, 4) is 11.1 Å². The van der Waals surface area contributed by atoms with Crippen LogP contribution in [0, 0.1) is 11.6 Å². The fourth-order valence-corrected chi connectivity index (χ4v) is 3.41. The fourth-order valence-electron chi connectivity index (χ4n) is 3.41. The Kier molecular flexibility index (Phi) is 5.45. The van der Waals surface area contributed by atoms with Gasteiger partial charge in [-0.2, -0.15) is 5.10 Å². The number of carbonyl (C=O) groups excluding carboxylic acids is 2. The number of hydrogen-bond acceptors (Lipinski definition) is 4. The third-order valence-electron chi connectivity index (χ3n) is 5.05. The van der Waals surface area contributed by atoms with E-state index in [2.05, 4.69) is 10.4 Å². The van der Waals surface area contributed by atoms with Gasteiger partial charge in [-0.1, -0.05) is 12.1 Å². The van der Waals surface area contributed by atoms with Crippen LogP contribution in [-0.2, 0) is 16.6 Å². The number of nitrogens with zero attached hydrogens (tertiary/aromatic N) is 3. The van der Waals surface area contributed by atoms with E-state index in [1.54, 1.807) is 30.1 Å². The summed E-state index contributed by atoms with van der Waals surface area (Å²) in [5.41, 5.74) is 1.10. The van der Waals surface area contributed by atoms with E-state index in [-0.39, 0.29) is 38.8 Å². The Morgan fingerprint density at radius 3 is 2.70 bits per heavy atom. The summed E-state index contributed by atoms with van der Waals surface area (Å²) in [7, 11) is 1.78. The normalized spacial score (nSPS) is 15.4. The topological polar surface area (TPSA) is 76.5 Å². The van der Waals surface area contributed by atoms with Gasteiger partial charge in [0.15, 0.2) is 0 Å². The number of amides is 2. The summed E-state index contributed by atoms with van der Waals surface area (Å²) < 4.78 is 36.6. The molecule has 0 unspecified atom stereocenters. The molecule has 0 atom stereocenters. The van der Waals surface area contributed by atoms with Gasteiger partial charge < -0.3 is 15.0 Å². The minimum Gasteiger partial charge on any atom is -0.360 e. The minimum absolute atomic E-state index is 0.0857. The molecule has 1 aliphatic heterocycles. The molecule has 156 valence electrons. The molecule has 1 aliphatic rings. The molecular weight excluding hydrogens is 394 g/mol. The van der Waals surface area contributed by atoms with Gasteiger partial charge in [0.05, 0.1) is 24.7 Å². The first kappa shape index (κ1) is 20.0. The van der Waals surface area contributed by atoms with Crippen molar-refractivity contribution in [2.45, 2.75) is 6.42 Å². The molecule has 2 aromatic carbocycles. The van der Waals surface area contributed by atoms with E-state index in [1.165, 1.54) is 4.90 Å². The van der Waals surface area contributed by atoms with Crippen molar-refractivity contribution in [3.05, 3.63) is 53.7 Å². The second-order valence-electron chi connectivity index (χ2n) is 7.06. The van der Waals surface area contributed by atoms with Crippen molar-refractivity contribution >= 4 is 22.7 Å². The molecule has 1 N–H and O–H groups in total. The maximum absolute atomic E-state index is 14.8. The van der Waals surface area contributed by atoms with Crippen LogP contribution in [0.15, 0.2) is 36.5 Å². The first-order valence-electron chi connectivity index (χ1n) is 9.49. The number of carbonyl (C=O) groups is 2. The lowest BCUT2D eigenvalue weighted by molar-refractivity contribution is -0.121. The number of halogens is 2. The van der Waals surface area contributed by atoms with Gasteiger partial charge in [0, 0.05) is 25.5 Å². The predicted molar refractivity (Wildman–Crippen MR) is 106 cm³/mol. The third-order valence-corrected chi connectivity index (χ3v) is 5.05. The van der Waals surface area contributed by atoms with Crippen LogP contribution in [0.5, 0.6) is 0 Å². The predicted octanol–water partition coefficient (Wildman–Crippen LogP) is 2.45. The smallest absolute Gasteiger partial charge is 0.261 e. The molecule has 0 aliphatic carbocycles. The molecule has 0 spiro atoms. The molecule has 0 bridgehead atoms. The van der Waals surface area contributed by atoms with Crippen molar-refractivity contribution in [3.63, 3.8) is 0 Å². The Hall–Kier alpha value is -3.33. The van der Waals surface area contributed by atoms with Crippen molar-refractivity contribution in [1.29, 1.82) is 0 Å². The first-order valence-corrected chi connectivity index (χ1v) is 9.49. The number of rotatable bonds is 2. The maximum Gasteiger partial charge on any atom is 0.261 e. The highest BCUT2D eigenvalue weighted by molar-refractivity contribution is 5.95. The van der Waals surface area contributed by atoms with Gasteiger partial charge in [0.25, 0.3) is 5.91 Å². The molecule has 0 radical (unpaired) electrons. The van der Waals surface area contributed by atoms with E-state index in [1.807, 2.05) is 6.07 Å². The highest BCUT2D eigenvalue weighted by Crippen LogP contribution is 2.28. The van der Waals surface area contributed by atoms with Crippen molar-refractivity contribution < 1.29 is 23.1 Å². The van der Waals surface area contributed by atoms with Crippen molar-refractivity contribution in [1.82, 2.24) is 20.0 Å². The van der Waals surface area contributed by atoms with Crippen LogP contribution in [-0.4, -0.2) is 52.9 Å². The molecule has 30 heavy (non-hydrogen) atoms. The van der Waals surface area contributed by atoms with Gasteiger partial charge in [-0.3, -0.25) is 14.3 Å². The summed E-state index contributed by atoms with van der Waals surface area (Å²) in [6, 6.07) is 7.65. The summed E-state index contributed by atoms with van der Waals surface area (Å²) in [4.78, 5) is 25.4. The molecule has 1 saturated heterocycles. The van der Waals surface area contributed by atoms with E-state index in [4.69, 9.17) is 4.74 Å². The Labute approximate surface area is 171 Å². The second kappa shape index (κ2) is 8.19. The van der Waals surface area contributed by atoms with E-state index >= 15 is 0 Å². The highest BCUT2D eigenvalue weighted by Gasteiger charge is 2.25. The van der Waals surface area contributed by atoms with Crippen LogP contribution in [0.1, 0.15) is 16.8 Å². The van der Waals surface area contributed by atoms with Crippen molar-refractivity contribution in [2.75, 3.05) is 26.4 Å².